The molecule has 1 aliphatic rings. The van der Waals surface area contributed by atoms with E-state index in [0.29, 0.717) is 13.0 Å². The highest BCUT2D eigenvalue weighted by Gasteiger charge is 2.32. The SMILES string of the molecule is O=C(O)[C@H]1CN(CCc2c[nH]c3ccccc23)CC[C@@H]1O. The summed E-state index contributed by atoms with van der Waals surface area (Å²) in [4.78, 5) is 16.5. The topological polar surface area (TPSA) is 76.6 Å². The number of piperidine rings is 1. The van der Waals surface area contributed by atoms with Gasteiger partial charge in [-0.1, -0.05) is 18.2 Å². The van der Waals surface area contributed by atoms with Gasteiger partial charge in [-0.2, -0.15) is 0 Å². The minimum atomic E-state index is -0.903. The molecule has 5 nitrogen and oxygen atoms in total. The normalized spacial score (nSPS) is 23.5. The number of rotatable bonds is 4. The molecular formula is C16H20N2O3. The second-order valence-electron chi connectivity index (χ2n) is 5.71. The molecule has 1 aromatic carbocycles. The number of hydrogen-bond acceptors (Lipinski definition) is 3. The molecule has 0 unspecified atom stereocenters. The number of aromatic nitrogens is 1. The largest absolute Gasteiger partial charge is 0.481 e. The zero-order chi connectivity index (χ0) is 14.8. The fourth-order valence-electron chi connectivity index (χ4n) is 3.07. The smallest absolute Gasteiger partial charge is 0.310 e. The van der Waals surface area contributed by atoms with Gasteiger partial charge in [0.25, 0.3) is 0 Å². The summed E-state index contributed by atoms with van der Waals surface area (Å²) in [7, 11) is 0. The van der Waals surface area contributed by atoms with E-state index < -0.39 is 18.0 Å². The van der Waals surface area contributed by atoms with Gasteiger partial charge in [0.05, 0.1) is 12.0 Å². The van der Waals surface area contributed by atoms with E-state index >= 15 is 0 Å². The van der Waals surface area contributed by atoms with Gasteiger partial charge >= 0.3 is 5.97 Å². The number of H-pyrrole nitrogens is 1. The van der Waals surface area contributed by atoms with Crippen molar-refractivity contribution in [2.45, 2.75) is 18.9 Å². The van der Waals surface area contributed by atoms with Crippen LogP contribution in [0, 0.1) is 5.92 Å². The molecule has 1 saturated heterocycles. The molecule has 1 fully saturated rings. The summed E-state index contributed by atoms with van der Waals surface area (Å²) < 4.78 is 0. The highest BCUT2D eigenvalue weighted by molar-refractivity contribution is 5.83. The Labute approximate surface area is 123 Å². The van der Waals surface area contributed by atoms with E-state index in [9.17, 15) is 9.90 Å². The summed E-state index contributed by atoms with van der Waals surface area (Å²) in [5.74, 6) is -1.57. The molecule has 112 valence electrons. The van der Waals surface area contributed by atoms with E-state index in [2.05, 4.69) is 22.0 Å². The molecule has 0 spiro atoms. The highest BCUT2D eigenvalue weighted by Crippen LogP contribution is 2.21. The molecule has 3 rings (SSSR count). The zero-order valence-corrected chi connectivity index (χ0v) is 11.8. The third-order valence-electron chi connectivity index (χ3n) is 4.35. The Morgan fingerprint density at radius 2 is 2.19 bits per heavy atom. The van der Waals surface area contributed by atoms with E-state index in [1.54, 1.807) is 0 Å². The maximum Gasteiger partial charge on any atom is 0.310 e. The Kier molecular flexibility index (Phi) is 3.94. The fraction of sp³-hybridized carbons (Fsp3) is 0.438. The fourth-order valence-corrected chi connectivity index (χ4v) is 3.07. The number of para-hydroxylation sites is 1. The molecule has 0 aliphatic carbocycles. The lowest BCUT2D eigenvalue weighted by atomic mass is 9.94. The van der Waals surface area contributed by atoms with Gasteiger partial charge in [-0.05, 0) is 24.5 Å². The first-order valence-electron chi connectivity index (χ1n) is 7.33. The molecule has 2 atom stereocenters. The Morgan fingerprint density at radius 3 is 3.00 bits per heavy atom. The third-order valence-corrected chi connectivity index (χ3v) is 4.35. The molecule has 2 heterocycles. The van der Waals surface area contributed by atoms with Crippen molar-refractivity contribution in [3.05, 3.63) is 36.0 Å². The number of hydrogen-bond donors (Lipinski definition) is 3. The lowest BCUT2D eigenvalue weighted by molar-refractivity contribution is -0.148. The van der Waals surface area contributed by atoms with E-state index in [4.69, 9.17) is 5.11 Å². The minimum absolute atomic E-state index is 0.429. The van der Waals surface area contributed by atoms with Crippen molar-refractivity contribution in [1.29, 1.82) is 0 Å². The number of carbonyl (C=O) groups is 1. The van der Waals surface area contributed by atoms with Crippen molar-refractivity contribution in [3.8, 4) is 0 Å². The average molecular weight is 288 g/mol. The quantitative estimate of drug-likeness (QED) is 0.796. The van der Waals surface area contributed by atoms with Gasteiger partial charge in [0.15, 0.2) is 0 Å². The number of aliphatic hydroxyl groups excluding tert-OH is 1. The van der Waals surface area contributed by atoms with E-state index in [0.717, 1.165) is 25.0 Å². The molecule has 2 aromatic rings. The van der Waals surface area contributed by atoms with Crippen molar-refractivity contribution in [2.75, 3.05) is 19.6 Å². The first-order chi connectivity index (χ1) is 10.1. The van der Waals surface area contributed by atoms with Crippen LogP contribution in [0.2, 0.25) is 0 Å². The van der Waals surface area contributed by atoms with Crippen LogP contribution in [-0.2, 0) is 11.2 Å². The Balaban J connectivity index is 1.64. The molecule has 21 heavy (non-hydrogen) atoms. The molecule has 5 heteroatoms. The first kappa shape index (κ1) is 14.1. The Morgan fingerprint density at radius 1 is 1.38 bits per heavy atom. The van der Waals surface area contributed by atoms with Crippen LogP contribution in [0.3, 0.4) is 0 Å². The number of likely N-dealkylation sites (tertiary alicyclic amines) is 1. The Bertz CT molecular complexity index is 637. The van der Waals surface area contributed by atoms with Crippen molar-refractivity contribution >= 4 is 16.9 Å². The average Bonchev–Trinajstić information content (AvgIpc) is 2.89. The third kappa shape index (κ3) is 2.94. The maximum absolute atomic E-state index is 11.1. The molecule has 0 amide bonds. The highest BCUT2D eigenvalue weighted by atomic mass is 16.4. The second kappa shape index (κ2) is 5.87. The van der Waals surface area contributed by atoms with E-state index in [1.807, 2.05) is 18.3 Å². The van der Waals surface area contributed by atoms with Crippen LogP contribution in [0.25, 0.3) is 10.9 Å². The van der Waals surface area contributed by atoms with Crippen LogP contribution >= 0.6 is 0 Å². The predicted molar refractivity (Wildman–Crippen MR) is 80.2 cm³/mol. The number of fused-ring (bicyclic) bond motifs is 1. The van der Waals surface area contributed by atoms with Gasteiger partial charge in [-0.15, -0.1) is 0 Å². The molecule has 0 saturated carbocycles. The standard InChI is InChI=1S/C16H20N2O3/c19-15-6-8-18(10-13(15)16(20)21)7-5-11-9-17-14-4-2-1-3-12(11)14/h1-4,9,13,15,17,19H,5-8,10H2,(H,20,21)/t13-,15-/m0/s1. The van der Waals surface area contributed by atoms with Gasteiger partial charge in [-0.25, -0.2) is 0 Å². The van der Waals surface area contributed by atoms with Crippen molar-refractivity contribution in [3.63, 3.8) is 0 Å². The van der Waals surface area contributed by atoms with Crippen LogP contribution in [0.5, 0.6) is 0 Å². The second-order valence-corrected chi connectivity index (χ2v) is 5.71. The van der Waals surface area contributed by atoms with Crippen LogP contribution in [0.1, 0.15) is 12.0 Å². The van der Waals surface area contributed by atoms with Gasteiger partial charge in [0.1, 0.15) is 0 Å². The molecule has 3 N–H and O–H groups in total. The summed E-state index contributed by atoms with van der Waals surface area (Å²) in [6, 6.07) is 8.18. The summed E-state index contributed by atoms with van der Waals surface area (Å²) in [6.45, 7) is 2.00. The molecule has 1 aromatic heterocycles. The summed E-state index contributed by atoms with van der Waals surface area (Å²) in [6.07, 6.45) is 2.72. The number of benzene rings is 1. The van der Waals surface area contributed by atoms with Gasteiger partial charge < -0.3 is 20.1 Å². The predicted octanol–water partition coefficient (Wildman–Crippen LogP) is 1.48. The monoisotopic (exact) mass is 288 g/mol. The molecule has 1 aliphatic heterocycles. The van der Waals surface area contributed by atoms with Crippen LogP contribution in [0.15, 0.2) is 30.5 Å². The molecule has 0 bridgehead atoms. The number of nitrogens with zero attached hydrogens (tertiary/aromatic N) is 1. The summed E-state index contributed by atoms with van der Waals surface area (Å²) in [5, 5.41) is 20.1. The lowest BCUT2D eigenvalue weighted by Gasteiger charge is -2.33. The van der Waals surface area contributed by atoms with Gasteiger partial charge in [0.2, 0.25) is 0 Å². The number of carboxylic acid groups (broad SMARTS) is 1. The van der Waals surface area contributed by atoms with Gasteiger partial charge in [-0.3, -0.25) is 4.79 Å². The molecular weight excluding hydrogens is 268 g/mol. The zero-order valence-electron chi connectivity index (χ0n) is 11.8. The van der Waals surface area contributed by atoms with Crippen molar-refractivity contribution < 1.29 is 15.0 Å². The summed E-state index contributed by atoms with van der Waals surface area (Å²) in [5.41, 5.74) is 2.38. The maximum atomic E-state index is 11.1. The van der Waals surface area contributed by atoms with Crippen molar-refractivity contribution in [2.24, 2.45) is 5.92 Å². The number of carboxylic acids is 1. The van der Waals surface area contributed by atoms with E-state index in [1.165, 1.54) is 10.9 Å². The number of nitrogens with one attached hydrogen (secondary N) is 1. The van der Waals surface area contributed by atoms with Crippen LogP contribution in [0.4, 0.5) is 0 Å². The number of aromatic amines is 1. The van der Waals surface area contributed by atoms with Crippen LogP contribution in [-0.4, -0.2) is 51.8 Å². The minimum Gasteiger partial charge on any atom is -0.481 e. The lowest BCUT2D eigenvalue weighted by Crippen LogP contribution is -2.47. The van der Waals surface area contributed by atoms with E-state index in [-0.39, 0.29) is 0 Å². The first-order valence-corrected chi connectivity index (χ1v) is 7.33. The van der Waals surface area contributed by atoms with Crippen molar-refractivity contribution in [1.82, 2.24) is 9.88 Å². The van der Waals surface area contributed by atoms with Crippen LogP contribution < -0.4 is 0 Å². The number of aliphatic carboxylic acids is 1. The number of aliphatic hydroxyl groups is 1. The van der Waals surface area contributed by atoms with Gasteiger partial charge in [0, 0.05) is 36.7 Å². The Hall–Kier alpha value is -1.85. The summed E-state index contributed by atoms with van der Waals surface area (Å²) >= 11 is 0. The molecule has 0 radical (unpaired) electrons.